The molecule has 3 N–H and O–H groups in total. The minimum atomic E-state index is -0.354. The number of aliphatic hydroxyl groups excluding tert-OH is 1. The van der Waals surface area contributed by atoms with Crippen LogP contribution in [-0.2, 0) is 4.74 Å². The van der Waals surface area contributed by atoms with Gasteiger partial charge in [-0.25, -0.2) is 4.79 Å². The summed E-state index contributed by atoms with van der Waals surface area (Å²) in [7, 11) is 0. The second-order valence-electron chi connectivity index (χ2n) is 5.74. The average molecular weight is 272 g/mol. The van der Waals surface area contributed by atoms with Crippen molar-refractivity contribution in [3.8, 4) is 0 Å². The Hall–Kier alpha value is -0.810. The van der Waals surface area contributed by atoms with Gasteiger partial charge in [0.1, 0.15) is 0 Å². The molecule has 0 spiro atoms. The molecule has 1 aliphatic heterocycles. The number of hydrogen-bond donors (Lipinski definition) is 3. The Morgan fingerprint density at radius 3 is 2.53 bits per heavy atom. The lowest BCUT2D eigenvalue weighted by Crippen LogP contribution is -2.45. The van der Waals surface area contributed by atoms with Gasteiger partial charge in [0.25, 0.3) is 0 Å². The van der Waals surface area contributed by atoms with Crippen LogP contribution in [0.25, 0.3) is 0 Å². The van der Waals surface area contributed by atoms with Gasteiger partial charge in [-0.2, -0.15) is 0 Å². The fourth-order valence-corrected chi connectivity index (χ4v) is 2.26. The molecule has 1 rings (SSSR count). The van der Waals surface area contributed by atoms with Gasteiger partial charge >= 0.3 is 6.03 Å². The molecule has 0 aromatic rings. The van der Waals surface area contributed by atoms with Crippen molar-refractivity contribution in [2.75, 3.05) is 19.8 Å². The maximum atomic E-state index is 11.7. The predicted molar refractivity (Wildman–Crippen MR) is 75.0 cm³/mol. The highest BCUT2D eigenvalue weighted by Crippen LogP contribution is 2.18. The zero-order valence-electron chi connectivity index (χ0n) is 12.3. The van der Waals surface area contributed by atoms with Crippen LogP contribution in [0.3, 0.4) is 0 Å². The molecular weight excluding hydrogens is 244 g/mol. The van der Waals surface area contributed by atoms with Crippen molar-refractivity contribution in [1.82, 2.24) is 10.6 Å². The van der Waals surface area contributed by atoms with Gasteiger partial charge in [-0.05, 0) is 38.0 Å². The SMILES string of the molecule is CC(C)C(O)CCNC(=O)NC(C)C1CCOCC1. The van der Waals surface area contributed by atoms with Crippen LogP contribution in [-0.4, -0.2) is 43.0 Å². The van der Waals surface area contributed by atoms with Crippen LogP contribution in [0.1, 0.15) is 40.0 Å². The highest BCUT2D eigenvalue weighted by atomic mass is 16.5. The highest BCUT2D eigenvalue weighted by Gasteiger charge is 2.21. The first-order valence-corrected chi connectivity index (χ1v) is 7.31. The lowest BCUT2D eigenvalue weighted by atomic mass is 9.93. The summed E-state index contributed by atoms with van der Waals surface area (Å²) in [6.07, 6.45) is 2.26. The summed E-state index contributed by atoms with van der Waals surface area (Å²) in [6, 6.07) is 0.0221. The summed E-state index contributed by atoms with van der Waals surface area (Å²) < 4.78 is 5.31. The maximum Gasteiger partial charge on any atom is 0.315 e. The van der Waals surface area contributed by atoms with Gasteiger partial charge in [0, 0.05) is 25.8 Å². The lowest BCUT2D eigenvalue weighted by Gasteiger charge is -2.28. The van der Waals surface area contributed by atoms with Crippen molar-refractivity contribution in [1.29, 1.82) is 0 Å². The Balaban J connectivity index is 2.15. The van der Waals surface area contributed by atoms with Crippen LogP contribution in [0.4, 0.5) is 4.79 Å². The van der Waals surface area contributed by atoms with E-state index in [0.29, 0.717) is 18.9 Å². The second kappa shape index (κ2) is 8.38. The Labute approximate surface area is 116 Å². The minimum absolute atomic E-state index is 0.144. The molecule has 1 saturated heterocycles. The smallest absolute Gasteiger partial charge is 0.315 e. The van der Waals surface area contributed by atoms with Gasteiger partial charge in [0.2, 0.25) is 0 Å². The first-order chi connectivity index (χ1) is 9.00. The highest BCUT2D eigenvalue weighted by molar-refractivity contribution is 5.74. The van der Waals surface area contributed by atoms with Crippen LogP contribution < -0.4 is 10.6 Å². The Kier molecular flexibility index (Phi) is 7.16. The van der Waals surface area contributed by atoms with E-state index >= 15 is 0 Å². The van der Waals surface area contributed by atoms with Crippen LogP contribution in [0.2, 0.25) is 0 Å². The van der Waals surface area contributed by atoms with Crippen molar-refractivity contribution < 1.29 is 14.6 Å². The molecule has 19 heavy (non-hydrogen) atoms. The van der Waals surface area contributed by atoms with Crippen molar-refractivity contribution in [3.05, 3.63) is 0 Å². The maximum absolute atomic E-state index is 11.7. The molecule has 2 atom stereocenters. The normalized spacial score (nSPS) is 20.1. The first-order valence-electron chi connectivity index (χ1n) is 7.31. The summed E-state index contributed by atoms with van der Waals surface area (Å²) in [5, 5.41) is 15.4. The average Bonchev–Trinajstić information content (AvgIpc) is 2.39. The number of amides is 2. The van der Waals surface area contributed by atoms with Crippen LogP contribution >= 0.6 is 0 Å². The zero-order chi connectivity index (χ0) is 14.3. The van der Waals surface area contributed by atoms with Gasteiger partial charge in [-0.15, -0.1) is 0 Å². The minimum Gasteiger partial charge on any atom is -0.393 e. The third kappa shape index (κ3) is 6.25. The fourth-order valence-electron chi connectivity index (χ4n) is 2.26. The number of hydrogen-bond acceptors (Lipinski definition) is 3. The Morgan fingerprint density at radius 1 is 1.32 bits per heavy atom. The molecule has 0 radical (unpaired) electrons. The number of carbonyl (C=O) groups excluding carboxylic acids is 1. The second-order valence-corrected chi connectivity index (χ2v) is 5.74. The number of nitrogens with one attached hydrogen (secondary N) is 2. The van der Waals surface area contributed by atoms with E-state index in [9.17, 15) is 9.90 Å². The van der Waals surface area contributed by atoms with Crippen LogP contribution in [0, 0.1) is 11.8 Å². The third-order valence-electron chi connectivity index (χ3n) is 3.83. The van der Waals surface area contributed by atoms with Crippen LogP contribution in [0.5, 0.6) is 0 Å². The number of aliphatic hydroxyl groups is 1. The number of urea groups is 1. The van der Waals surface area contributed by atoms with Gasteiger partial charge in [-0.1, -0.05) is 13.8 Å². The van der Waals surface area contributed by atoms with Gasteiger partial charge in [-0.3, -0.25) is 0 Å². The number of carbonyl (C=O) groups is 1. The standard InChI is InChI=1S/C14H28N2O3/c1-10(2)13(17)4-7-15-14(18)16-11(3)12-5-8-19-9-6-12/h10-13,17H,4-9H2,1-3H3,(H2,15,16,18). The fraction of sp³-hybridized carbons (Fsp3) is 0.929. The summed E-state index contributed by atoms with van der Waals surface area (Å²) in [5.41, 5.74) is 0. The molecule has 2 unspecified atom stereocenters. The molecule has 2 amide bonds. The van der Waals surface area contributed by atoms with Gasteiger partial charge < -0.3 is 20.5 Å². The number of ether oxygens (including phenoxy) is 1. The molecule has 0 saturated carbocycles. The monoisotopic (exact) mass is 272 g/mol. The van der Waals surface area contributed by atoms with E-state index in [1.54, 1.807) is 0 Å². The summed E-state index contributed by atoms with van der Waals surface area (Å²) >= 11 is 0. The Morgan fingerprint density at radius 2 is 1.95 bits per heavy atom. The van der Waals surface area contributed by atoms with E-state index in [4.69, 9.17) is 4.74 Å². The largest absolute Gasteiger partial charge is 0.393 e. The van der Waals surface area contributed by atoms with Crippen molar-refractivity contribution >= 4 is 6.03 Å². The van der Waals surface area contributed by atoms with Crippen LogP contribution in [0.15, 0.2) is 0 Å². The van der Waals surface area contributed by atoms with Crippen molar-refractivity contribution in [2.24, 2.45) is 11.8 Å². The Bertz CT molecular complexity index is 265. The van der Waals surface area contributed by atoms with Gasteiger partial charge in [0.15, 0.2) is 0 Å². The molecule has 0 aliphatic carbocycles. The quantitative estimate of drug-likeness (QED) is 0.686. The van der Waals surface area contributed by atoms with E-state index in [1.807, 2.05) is 20.8 Å². The topological polar surface area (TPSA) is 70.6 Å². The predicted octanol–water partition coefficient (Wildman–Crippen LogP) is 1.51. The van der Waals surface area contributed by atoms with E-state index in [0.717, 1.165) is 26.1 Å². The molecule has 1 fully saturated rings. The third-order valence-corrected chi connectivity index (χ3v) is 3.83. The summed E-state index contributed by atoms with van der Waals surface area (Å²) in [5.74, 6) is 0.728. The molecule has 1 heterocycles. The molecule has 5 nitrogen and oxygen atoms in total. The van der Waals surface area contributed by atoms with E-state index < -0.39 is 0 Å². The molecule has 1 aliphatic rings. The summed E-state index contributed by atoms with van der Waals surface area (Å²) in [6.45, 7) is 8.07. The first kappa shape index (κ1) is 16.2. The lowest BCUT2D eigenvalue weighted by molar-refractivity contribution is 0.0570. The molecule has 5 heteroatoms. The molecular formula is C14H28N2O3. The van der Waals surface area contributed by atoms with Gasteiger partial charge in [0.05, 0.1) is 6.10 Å². The zero-order valence-corrected chi connectivity index (χ0v) is 12.3. The molecule has 0 aromatic heterocycles. The molecule has 0 bridgehead atoms. The summed E-state index contributed by atoms with van der Waals surface area (Å²) in [4.78, 5) is 11.7. The molecule has 0 aromatic carbocycles. The van der Waals surface area contributed by atoms with E-state index in [2.05, 4.69) is 10.6 Å². The number of rotatable bonds is 6. The molecule has 112 valence electrons. The van der Waals surface area contributed by atoms with E-state index in [-0.39, 0.29) is 24.1 Å². The van der Waals surface area contributed by atoms with Crippen molar-refractivity contribution in [2.45, 2.75) is 52.2 Å². The van der Waals surface area contributed by atoms with Crippen molar-refractivity contribution in [3.63, 3.8) is 0 Å². The van der Waals surface area contributed by atoms with E-state index in [1.165, 1.54) is 0 Å².